The number of ether oxygens (including phenoxy) is 1. The number of hydrogen-bond donors (Lipinski definition) is 1. The number of nitrogens with one attached hydrogen (secondary N) is 1. The molecule has 1 aromatic carbocycles. The summed E-state index contributed by atoms with van der Waals surface area (Å²) in [5.41, 5.74) is 0.811. The number of benzene rings is 1. The zero-order valence-electron chi connectivity index (χ0n) is 11.2. The van der Waals surface area contributed by atoms with Crippen LogP contribution in [0, 0.1) is 0 Å². The summed E-state index contributed by atoms with van der Waals surface area (Å²) in [4.78, 5) is 23.2. The van der Waals surface area contributed by atoms with E-state index >= 15 is 0 Å². The normalized spacial score (nSPS) is 10.1. The Morgan fingerprint density at radius 3 is 2.68 bits per heavy atom. The van der Waals surface area contributed by atoms with Crippen LogP contribution >= 0.6 is 11.6 Å². The van der Waals surface area contributed by atoms with Gasteiger partial charge in [0.05, 0.1) is 22.9 Å². The number of anilines is 1. The Bertz CT molecular complexity index is 460. The van der Waals surface area contributed by atoms with Gasteiger partial charge in [0, 0.05) is 6.42 Å². The summed E-state index contributed by atoms with van der Waals surface area (Å²) in [6.45, 7) is 4.06. The standard InChI is InChI=1S/C14H18ClNO3/c1-3-5-6-13(17)16-12-9-10(7-8-11(12)15)14(18)19-4-2/h7-9H,3-6H2,1-2H3,(H,16,17). The lowest BCUT2D eigenvalue weighted by Crippen LogP contribution is -2.12. The largest absolute Gasteiger partial charge is 0.462 e. The van der Waals surface area contributed by atoms with Crippen molar-refractivity contribution in [3.05, 3.63) is 28.8 Å². The van der Waals surface area contributed by atoms with E-state index in [0.29, 0.717) is 29.3 Å². The number of halogens is 1. The Balaban J connectivity index is 2.79. The topological polar surface area (TPSA) is 55.4 Å². The molecule has 0 bridgehead atoms. The van der Waals surface area contributed by atoms with E-state index in [-0.39, 0.29) is 5.91 Å². The highest BCUT2D eigenvalue weighted by Crippen LogP contribution is 2.23. The molecular weight excluding hydrogens is 266 g/mol. The molecule has 5 heteroatoms. The predicted molar refractivity (Wildman–Crippen MR) is 75.6 cm³/mol. The number of hydrogen-bond acceptors (Lipinski definition) is 3. The fourth-order valence-electron chi connectivity index (χ4n) is 1.51. The van der Waals surface area contributed by atoms with Crippen LogP contribution in [0.4, 0.5) is 5.69 Å². The minimum Gasteiger partial charge on any atom is -0.462 e. The quantitative estimate of drug-likeness (QED) is 0.811. The Kier molecular flexibility index (Phi) is 6.36. The Morgan fingerprint density at radius 2 is 2.05 bits per heavy atom. The third-order valence-electron chi connectivity index (χ3n) is 2.51. The number of carbonyl (C=O) groups excluding carboxylic acids is 2. The lowest BCUT2D eigenvalue weighted by Gasteiger charge is -2.09. The minimum atomic E-state index is -0.428. The fraction of sp³-hybridized carbons (Fsp3) is 0.429. The summed E-state index contributed by atoms with van der Waals surface area (Å²) in [6.07, 6.45) is 2.21. The third kappa shape index (κ3) is 4.91. The van der Waals surface area contributed by atoms with Crippen LogP contribution in [0.2, 0.25) is 5.02 Å². The SMILES string of the molecule is CCCCC(=O)Nc1cc(C(=O)OCC)ccc1Cl. The molecule has 0 atom stereocenters. The van der Waals surface area contributed by atoms with Gasteiger partial charge in [0.15, 0.2) is 0 Å². The van der Waals surface area contributed by atoms with Crippen molar-refractivity contribution in [2.45, 2.75) is 33.1 Å². The fourth-order valence-corrected chi connectivity index (χ4v) is 1.68. The van der Waals surface area contributed by atoms with Crippen molar-refractivity contribution in [3.8, 4) is 0 Å². The van der Waals surface area contributed by atoms with Crippen molar-refractivity contribution in [1.29, 1.82) is 0 Å². The first kappa shape index (κ1) is 15.5. The third-order valence-corrected chi connectivity index (χ3v) is 2.84. The molecule has 0 aromatic heterocycles. The zero-order chi connectivity index (χ0) is 14.3. The van der Waals surface area contributed by atoms with Gasteiger partial charge in [-0.1, -0.05) is 24.9 Å². The first-order valence-electron chi connectivity index (χ1n) is 6.35. The molecule has 1 N–H and O–H groups in total. The number of carbonyl (C=O) groups is 2. The molecular formula is C14H18ClNO3. The van der Waals surface area contributed by atoms with Crippen LogP contribution in [0.5, 0.6) is 0 Å². The maximum atomic E-state index is 11.6. The maximum Gasteiger partial charge on any atom is 0.338 e. The van der Waals surface area contributed by atoms with Gasteiger partial charge in [-0.3, -0.25) is 4.79 Å². The van der Waals surface area contributed by atoms with E-state index < -0.39 is 5.97 Å². The van der Waals surface area contributed by atoms with E-state index in [9.17, 15) is 9.59 Å². The van der Waals surface area contributed by atoms with Gasteiger partial charge in [-0.15, -0.1) is 0 Å². The summed E-state index contributed by atoms with van der Waals surface area (Å²) in [7, 11) is 0. The molecule has 19 heavy (non-hydrogen) atoms. The van der Waals surface area contributed by atoms with Gasteiger partial charge in [-0.25, -0.2) is 4.79 Å². The van der Waals surface area contributed by atoms with Crippen molar-refractivity contribution < 1.29 is 14.3 Å². The molecule has 0 fully saturated rings. The molecule has 1 aromatic rings. The van der Waals surface area contributed by atoms with E-state index in [1.54, 1.807) is 19.1 Å². The summed E-state index contributed by atoms with van der Waals surface area (Å²) in [6, 6.07) is 4.68. The molecule has 0 aliphatic heterocycles. The van der Waals surface area contributed by atoms with Gasteiger partial charge in [-0.05, 0) is 31.5 Å². The number of unbranched alkanes of at least 4 members (excludes halogenated alkanes) is 1. The number of amides is 1. The van der Waals surface area contributed by atoms with Gasteiger partial charge in [0.2, 0.25) is 5.91 Å². The van der Waals surface area contributed by atoms with E-state index in [1.165, 1.54) is 6.07 Å². The van der Waals surface area contributed by atoms with Gasteiger partial charge in [-0.2, -0.15) is 0 Å². The number of esters is 1. The second-order valence-electron chi connectivity index (χ2n) is 4.07. The van der Waals surface area contributed by atoms with Crippen molar-refractivity contribution in [2.24, 2.45) is 0 Å². The molecule has 0 radical (unpaired) electrons. The van der Waals surface area contributed by atoms with Crippen LogP contribution in [0.1, 0.15) is 43.5 Å². The molecule has 0 aliphatic carbocycles. The molecule has 0 aliphatic rings. The van der Waals surface area contributed by atoms with Crippen molar-refractivity contribution in [2.75, 3.05) is 11.9 Å². The van der Waals surface area contributed by atoms with Crippen LogP contribution in [0.15, 0.2) is 18.2 Å². The monoisotopic (exact) mass is 283 g/mol. The molecule has 0 saturated heterocycles. The van der Waals surface area contributed by atoms with Crippen molar-refractivity contribution in [1.82, 2.24) is 0 Å². The summed E-state index contributed by atoms with van der Waals surface area (Å²) >= 11 is 5.99. The van der Waals surface area contributed by atoms with Crippen LogP contribution in [-0.2, 0) is 9.53 Å². The Labute approximate surface area is 118 Å². The van der Waals surface area contributed by atoms with Crippen LogP contribution in [0.25, 0.3) is 0 Å². The molecule has 1 rings (SSSR count). The lowest BCUT2D eigenvalue weighted by atomic mass is 10.2. The average Bonchev–Trinajstić information content (AvgIpc) is 2.39. The number of rotatable bonds is 6. The summed E-state index contributed by atoms with van der Waals surface area (Å²) in [5, 5.41) is 3.10. The average molecular weight is 284 g/mol. The zero-order valence-corrected chi connectivity index (χ0v) is 11.9. The lowest BCUT2D eigenvalue weighted by molar-refractivity contribution is -0.116. The molecule has 1 amide bonds. The molecule has 104 valence electrons. The van der Waals surface area contributed by atoms with E-state index in [2.05, 4.69) is 5.32 Å². The first-order chi connectivity index (χ1) is 9.08. The highest BCUT2D eigenvalue weighted by molar-refractivity contribution is 6.33. The highest BCUT2D eigenvalue weighted by Gasteiger charge is 2.11. The summed E-state index contributed by atoms with van der Waals surface area (Å²) < 4.78 is 4.90. The molecule has 0 spiro atoms. The highest BCUT2D eigenvalue weighted by atomic mass is 35.5. The van der Waals surface area contributed by atoms with E-state index in [0.717, 1.165) is 12.8 Å². The Hall–Kier alpha value is -1.55. The first-order valence-corrected chi connectivity index (χ1v) is 6.72. The second kappa shape index (κ2) is 7.79. The minimum absolute atomic E-state index is 0.107. The predicted octanol–water partition coefficient (Wildman–Crippen LogP) is 3.65. The van der Waals surface area contributed by atoms with Crippen molar-refractivity contribution in [3.63, 3.8) is 0 Å². The smallest absolute Gasteiger partial charge is 0.338 e. The molecule has 0 saturated carbocycles. The van der Waals surface area contributed by atoms with E-state index in [1.807, 2.05) is 6.92 Å². The second-order valence-corrected chi connectivity index (χ2v) is 4.47. The van der Waals surface area contributed by atoms with E-state index in [4.69, 9.17) is 16.3 Å². The molecule has 0 unspecified atom stereocenters. The molecule has 4 nitrogen and oxygen atoms in total. The summed E-state index contributed by atoms with van der Waals surface area (Å²) in [5.74, 6) is -0.534. The van der Waals surface area contributed by atoms with Gasteiger partial charge in [0.1, 0.15) is 0 Å². The molecule has 0 heterocycles. The van der Waals surface area contributed by atoms with Crippen LogP contribution in [0.3, 0.4) is 0 Å². The van der Waals surface area contributed by atoms with Crippen molar-refractivity contribution >= 4 is 29.2 Å². The Morgan fingerprint density at radius 1 is 1.32 bits per heavy atom. The van der Waals surface area contributed by atoms with Gasteiger partial charge >= 0.3 is 5.97 Å². The van der Waals surface area contributed by atoms with Gasteiger partial charge < -0.3 is 10.1 Å². The van der Waals surface area contributed by atoms with Crippen LogP contribution in [-0.4, -0.2) is 18.5 Å². The van der Waals surface area contributed by atoms with Crippen LogP contribution < -0.4 is 5.32 Å². The van der Waals surface area contributed by atoms with Gasteiger partial charge in [0.25, 0.3) is 0 Å². The maximum absolute atomic E-state index is 11.6.